The third kappa shape index (κ3) is 5.66. The Morgan fingerprint density at radius 1 is 1.21 bits per heavy atom. The first-order valence-electron chi connectivity index (χ1n) is 10.6. The summed E-state index contributed by atoms with van der Waals surface area (Å²) in [6, 6.07) is 14.1. The van der Waals surface area contributed by atoms with Gasteiger partial charge in [0.2, 0.25) is 5.91 Å². The molecule has 2 amide bonds. The zero-order valence-electron chi connectivity index (χ0n) is 17.5. The van der Waals surface area contributed by atoms with Crippen LogP contribution in [0.3, 0.4) is 0 Å². The maximum atomic E-state index is 12.8. The SMILES string of the molecule is CC(CCCc1ccccc1)C(=O)N(C)CC1CCCN1C(=O)c1cccnc1. The molecule has 2 atom stereocenters. The molecule has 1 saturated heterocycles. The standard InChI is InChI=1S/C24H31N3O2/c1-19(9-6-12-20-10-4-3-5-11-20)23(28)26(2)18-22-14-8-16-27(22)24(29)21-13-7-15-25-17-21/h3-5,7,10-11,13,15,17,19,22H,6,8-9,12,14,16,18H2,1-2H3. The number of aryl methyl sites for hydroxylation is 1. The van der Waals surface area contributed by atoms with E-state index in [1.54, 1.807) is 24.5 Å². The largest absolute Gasteiger partial charge is 0.343 e. The van der Waals surface area contributed by atoms with Crippen LogP contribution in [-0.2, 0) is 11.2 Å². The Balaban J connectivity index is 1.49. The number of carbonyl (C=O) groups is 2. The third-order valence-electron chi connectivity index (χ3n) is 5.77. The van der Waals surface area contributed by atoms with Crippen molar-refractivity contribution in [3.63, 3.8) is 0 Å². The Hall–Kier alpha value is -2.69. The van der Waals surface area contributed by atoms with E-state index < -0.39 is 0 Å². The molecule has 2 unspecified atom stereocenters. The van der Waals surface area contributed by atoms with Gasteiger partial charge in [0.1, 0.15) is 0 Å². The number of aromatic nitrogens is 1. The second kappa shape index (κ2) is 10.2. The number of nitrogens with zero attached hydrogens (tertiary/aromatic N) is 3. The Morgan fingerprint density at radius 2 is 2.00 bits per heavy atom. The normalized spacial score (nSPS) is 17.2. The number of likely N-dealkylation sites (tertiary alicyclic amines) is 1. The van der Waals surface area contributed by atoms with Gasteiger partial charge in [-0.25, -0.2) is 0 Å². The smallest absolute Gasteiger partial charge is 0.255 e. The molecule has 5 nitrogen and oxygen atoms in total. The van der Waals surface area contributed by atoms with E-state index in [0.717, 1.165) is 38.6 Å². The van der Waals surface area contributed by atoms with Gasteiger partial charge in [0, 0.05) is 44.5 Å². The monoisotopic (exact) mass is 393 g/mol. The summed E-state index contributed by atoms with van der Waals surface area (Å²) in [5.41, 5.74) is 1.93. The number of amides is 2. The summed E-state index contributed by atoms with van der Waals surface area (Å²) in [5.74, 6) is 0.170. The summed E-state index contributed by atoms with van der Waals surface area (Å²) in [7, 11) is 1.86. The minimum atomic E-state index is -0.00686. The number of likely N-dealkylation sites (N-methyl/N-ethyl adjacent to an activating group) is 1. The highest BCUT2D eigenvalue weighted by Crippen LogP contribution is 2.22. The van der Waals surface area contributed by atoms with Gasteiger partial charge in [0.15, 0.2) is 0 Å². The number of carbonyl (C=O) groups excluding carboxylic acids is 2. The number of hydrogen-bond donors (Lipinski definition) is 0. The summed E-state index contributed by atoms with van der Waals surface area (Å²) in [5, 5.41) is 0. The van der Waals surface area contributed by atoms with Gasteiger partial charge in [0.25, 0.3) is 5.91 Å². The quantitative estimate of drug-likeness (QED) is 0.685. The van der Waals surface area contributed by atoms with Crippen molar-refractivity contribution in [1.29, 1.82) is 0 Å². The Bertz CT molecular complexity index is 794. The average molecular weight is 394 g/mol. The highest BCUT2D eigenvalue weighted by atomic mass is 16.2. The fraction of sp³-hybridized carbons (Fsp3) is 0.458. The van der Waals surface area contributed by atoms with Crippen molar-refractivity contribution in [3.8, 4) is 0 Å². The van der Waals surface area contributed by atoms with E-state index in [1.165, 1.54) is 5.56 Å². The molecule has 1 aromatic carbocycles. The van der Waals surface area contributed by atoms with Gasteiger partial charge in [0.05, 0.1) is 5.56 Å². The van der Waals surface area contributed by atoms with E-state index in [-0.39, 0.29) is 23.8 Å². The van der Waals surface area contributed by atoms with Crippen LogP contribution < -0.4 is 0 Å². The van der Waals surface area contributed by atoms with E-state index in [1.807, 2.05) is 29.8 Å². The van der Waals surface area contributed by atoms with Crippen molar-refractivity contribution in [3.05, 3.63) is 66.0 Å². The molecule has 1 aliphatic rings. The molecular weight excluding hydrogens is 362 g/mol. The predicted octanol–water partition coefficient (Wildman–Crippen LogP) is 3.80. The maximum Gasteiger partial charge on any atom is 0.255 e. The molecule has 2 aromatic rings. The summed E-state index contributed by atoms with van der Waals surface area (Å²) in [6.07, 6.45) is 8.07. The first-order valence-corrected chi connectivity index (χ1v) is 10.6. The third-order valence-corrected chi connectivity index (χ3v) is 5.77. The average Bonchev–Trinajstić information content (AvgIpc) is 3.22. The lowest BCUT2D eigenvalue weighted by molar-refractivity contribution is -0.134. The molecule has 29 heavy (non-hydrogen) atoms. The van der Waals surface area contributed by atoms with Crippen LogP contribution >= 0.6 is 0 Å². The molecule has 0 N–H and O–H groups in total. The van der Waals surface area contributed by atoms with Gasteiger partial charge in [-0.1, -0.05) is 37.3 Å². The van der Waals surface area contributed by atoms with Crippen LogP contribution in [0.25, 0.3) is 0 Å². The molecule has 1 aliphatic heterocycles. The van der Waals surface area contributed by atoms with Gasteiger partial charge in [-0.3, -0.25) is 14.6 Å². The zero-order chi connectivity index (χ0) is 20.6. The Labute approximate surface area is 173 Å². The van der Waals surface area contributed by atoms with E-state index >= 15 is 0 Å². The molecule has 0 aliphatic carbocycles. The van der Waals surface area contributed by atoms with Gasteiger partial charge in [-0.2, -0.15) is 0 Å². The summed E-state index contributed by atoms with van der Waals surface area (Å²) in [4.78, 5) is 33.4. The number of pyridine rings is 1. The van der Waals surface area contributed by atoms with Gasteiger partial charge in [-0.15, -0.1) is 0 Å². The van der Waals surface area contributed by atoms with E-state index in [2.05, 4.69) is 29.2 Å². The van der Waals surface area contributed by atoms with Gasteiger partial charge in [-0.05, 0) is 49.8 Å². The van der Waals surface area contributed by atoms with Crippen LogP contribution in [0, 0.1) is 5.92 Å². The topological polar surface area (TPSA) is 53.5 Å². The first kappa shape index (κ1) is 21.0. The van der Waals surface area contributed by atoms with Crippen molar-refractivity contribution in [2.75, 3.05) is 20.1 Å². The highest BCUT2D eigenvalue weighted by molar-refractivity contribution is 5.94. The molecule has 0 bridgehead atoms. The molecule has 1 fully saturated rings. The summed E-state index contributed by atoms with van der Waals surface area (Å²) >= 11 is 0. The molecule has 5 heteroatoms. The molecule has 3 rings (SSSR count). The molecule has 0 radical (unpaired) electrons. The van der Waals surface area contributed by atoms with Crippen molar-refractivity contribution < 1.29 is 9.59 Å². The number of hydrogen-bond acceptors (Lipinski definition) is 3. The Kier molecular flexibility index (Phi) is 7.39. The molecule has 1 aromatic heterocycles. The van der Waals surface area contributed by atoms with Crippen molar-refractivity contribution in [2.24, 2.45) is 5.92 Å². The molecule has 0 spiro atoms. The minimum absolute atomic E-state index is 0.00686. The fourth-order valence-electron chi connectivity index (χ4n) is 4.11. The Morgan fingerprint density at radius 3 is 2.72 bits per heavy atom. The van der Waals surface area contributed by atoms with E-state index in [0.29, 0.717) is 12.1 Å². The molecule has 0 saturated carbocycles. The van der Waals surface area contributed by atoms with Crippen molar-refractivity contribution in [2.45, 2.75) is 45.1 Å². The lowest BCUT2D eigenvalue weighted by Crippen LogP contribution is -2.45. The second-order valence-electron chi connectivity index (χ2n) is 8.03. The van der Waals surface area contributed by atoms with Crippen molar-refractivity contribution >= 4 is 11.8 Å². The first-order chi connectivity index (χ1) is 14.1. The molecular formula is C24H31N3O2. The minimum Gasteiger partial charge on any atom is -0.343 e. The lowest BCUT2D eigenvalue weighted by Gasteiger charge is -2.30. The summed E-state index contributed by atoms with van der Waals surface area (Å²) < 4.78 is 0. The molecule has 2 heterocycles. The van der Waals surface area contributed by atoms with Gasteiger partial charge >= 0.3 is 0 Å². The second-order valence-corrected chi connectivity index (χ2v) is 8.03. The fourth-order valence-corrected chi connectivity index (χ4v) is 4.11. The molecule has 154 valence electrons. The zero-order valence-corrected chi connectivity index (χ0v) is 17.5. The van der Waals surface area contributed by atoms with Crippen LogP contribution in [0.2, 0.25) is 0 Å². The van der Waals surface area contributed by atoms with Crippen LogP contribution in [0.4, 0.5) is 0 Å². The van der Waals surface area contributed by atoms with Crippen LogP contribution in [0.1, 0.15) is 48.5 Å². The number of rotatable bonds is 8. The van der Waals surface area contributed by atoms with Crippen molar-refractivity contribution in [1.82, 2.24) is 14.8 Å². The predicted molar refractivity (Wildman–Crippen MR) is 114 cm³/mol. The van der Waals surface area contributed by atoms with Crippen LogP contribution in [0.5, 0.6) is 0 Å². The van der Waals surface area contributed by atoms with Crippen LogP contribution in [0.15, 0.2) is 54.9 Å². The summed E-state index contributed by atoms with van der Waals surface area (Å²) in [6.45, 7) is 3.35. The number of benzene rings is 1. The highest BCUT2D eigenvalue weighted by Gasteiger charge is 2.31. The maximum absolute atomic E-state index is 12.8. The van der Waals surface area contributed by atoms with Gasteiger partial charge < -0.3 is 9.80 Å². The van der Waals surface area contributed by atoms with E-state index in [4.69, 9.17) is 0 Å². The van der Waals surface area contributed by atoms with Crippen LogP contribution in [-0.4, -0.2) is 52.8 Å². The lowest BCUT2D eigenvalue weighted by atomic mass is 9.99. The van der Waals surface area contributed by atoms with E-state index in [9.17, 15) is 9.59 Å².